The van der Waals surface area contributed by atoms with Crippen molar-refractivity contribution in [1.82, 2.24) is 5.32 Å². The first-order valence-corrected chi connectivity index (χ1v) is 3.48. The minimum atomic E-state index is -2.52. The molecule has 1 unspecified atom stereocenters. The molecule has 0 amide bonds. The highest BCUT2D eigenvalue weighted by atomic mass is 16.3. The van der Waals surface area contributed by atoms with E-state index in [9.17, 15) is 0 Å². The summed E-state index contributed by atoms with van der Waals surface area (Å²) in [7, 11) is 0. The molecule has 0 saturated carbocycles. The van der Waals surface area contributed by atoms with Crippen molar-refractivity contribution in [3.63, 3.8) is 0 Å². The minimum Gasteiger partial charge on any atom is -0.395 e. The molecule has 1 aliphatic heterocycles. The zero-order chi connectivity index (χ0) is 12.6. The molecule has 0 aromatic heterocycles. The third-order valence-corrected chi connectivity index (χ3v) is 1.83. The highest BCUT2D eigenvalue weighted by Gasteiger charge is 2.25. The molecular weight excluding hydrogens is 126 g/mol. The van der Waals surface area contributed by atoms with E-state index in [0.717, 1.165) is 0 Å². The Labute approximate surface area is 71.1 Å². The summed E-state index contributed by atoms with van der Waals surface area (Å²) in [6, 6.07) is -0.196. The number of piperidine rings is 1. The zero-order valence-electron chi connectivity index (χ0n) is 11.9. The maximum atomic E-state index is 8.92. The molecule has 1 saturated heterocycles. The number of hydrogen-bond donors (Lipinski definition) is 2. The molecule has 1 rings (SSSR count). The Bertz CT molecular complexity index is 224. The average molecular weight is 149 g/mol. The third kappa shape index (κ3) is 1.96. The molecule has 0 aliphatic carbocycles. The second kappa shape index (κ2) is 2.89. The van der Waals surface area contributed by atoms with E-state index in [-0.39, 0.29) is 25.6 Å². The molecule has 60 valence electrons. The van der Waals surface area contributed by atoms with E-state index in [1.165, 1.54) is 0 Å². The van der Waals surface area contributed by atoms with Gasteiger partial charge in [0.25, 0.3) is 0 Å². The first-order chi connectivity index (χ1) is 7.14. The lowest BCUT2D eigenvalue weighted by Gasteiger charge is -2.34. The topological polar surface area (TPSA) is 32.3 Å². The molecule has 0 radical (unpaired) electrons. The van der Waals surface area contributed by atoms with Crippen LogP contribution in [0.25, 0.3) is 0 Å². The van der Waals surface area contributed by atoms with Gasteiger partial charge in [0.05, 0.1) is 6.61 Å². The van der Waals surface area contributed by atoms with Gasteiger partial charge in [-0.05, 0) is 18.3 Å². The molecule has 0 aromatic carbocycles. The number of aliphatic hydroxyl groups is 1. The van der Waals surface area contributed by atoms with E-state index in [1.54, 1.807) is 0 Å². The van der Waals surface area contributed by atoms with Gasteiger partial charge in [-0.3, -0.25) is 0 Å². The fraction of sp³-hybridized carbons (Fsp3) is 1.00. The molecule has 10 heavy (non-hydrogen) atoms. The van der Waals surface area contributed by atoms with Gasteiger partial charge in [-0.1, -0.05) is 13.7 Å². The average Bonchev–Trinajstić information content (AvgIpc) is 2.14. The Morgan fingerprint density at radius 1 is 1.80 bits per heavy atom. The number of rotatable bonds is 1. The molecule has 1 fully saturated rings. The zero-order valence-corrected chi connectivity index (χ0v) is 5.85. The van der Waals surface area contributed by atoms with Crippen LogP contribution in [0.4, 0.5) is 0 Å². The van der Waals surface area contributed by atoms with Crippen LogP contribution in [0.2, 0.25) is 0 Å². The molecule has 2 N–H and O–H groups in total. The Balaban J connectivity index is 2.93. The number of hydrogen-bond acceptors (Lipinski definition) is 2. The fourth-order valence-corrected chi connectivity index (χ4v) is 1.09. The third-order valence-electron chi connectivity index (χ3n) is 1.83. The smallest absolute Gasteiger partial charge is 0.0584 e. The van der Waals surface area contributed by atoms with Crippen LogP contribution >= 0.6 is 0 Å². The maximum Gasteiger partial charge on any atom is 0.0584 e. The van der Waals surface area contributed by atoms with Crippen molar-refractivity contribution in [1.29, 1.82) is 0 Å². The second-order valence-electron chi connectivity index (χ2n) is 2.88. The van der Waals surface area contributed by atoms with Crippen molar-refractivity contribution in [2.75, 3.05) is 13.2 Å². The summed E-state index contributed by atoms with van der Waals surface area (Å²) in [6.45, 7) is -5.25. The standard InChI is InChI=1S/C8H17NO/c1-8(2)4-3-7(5-10)9-6-8/h7,9-10H,3-6H2,1-2H3/i1D3,2D3. The van der Waals surface area contributed by atoms with Gasteiger partial charge in [0.2, 0.25) is 0 Å². The fourth-order valence-electron chi connectivity index (χ4n) is 1.09. The van der Waals surface area contributed by atoms with Gasteiger partial charge in [0, 0.05) is 20.8 Å². The Morgan fingerprint density at radius 3 is 3.00 bits per heavy atom. The summed E-state index contributed by atoms with van der Waals surface area (Å²) < 4.78 is 44.5. The van der Waals surface area contributed by atoms with Crippen LogP contribution in [0, 0.1) is 5.41 Å². The monoisotopic (exact) mass is 149 g/mol. The lowest BCUT2D eigenvalue weighted by molar-refractivity contribution is 0.163. The number of nitrogens with one attached hydrogen (secondary N) is 1. The van der Waals surface area contributed by atoms with Crippen molar-refractivity contribution in [2.24, 2.45) is 5.41 Å². The van der Waals surface area contributed by atoms with Crippen LogP contribution in [0.5, 0.6) is 0 Å². The van der Waals surface area contributed by atoms with Crippen molar-refractivity contribution >= 4 is 0 Å². The molecule has 0 bridgehead atoms. The van der Waals surface area contributed by atoms with E-state index in [1.807, 2.05) is 0 Å². The summed E-state index contributed by atoms with van der Waals surface area (Å²) in [4.78, 5) is 0. The van der Waals surface area contributed by atoms with E-state index < -0.39 is 19.1 Å². The van der Waals surface area contributed by atoms with Gasteiger partial charge in [-0.25, -0.2) is 0 Å². The van der Waals surface area contributed by atoms with Crippen LogP contribution in [0.1, 0.15) is 34.8 Å². The lowest BCUT2D eigenvalue weighted by atomic mass is 9.83. The van der Waals surface area contributed by atoms with Gasteiger partial charge < -0.3 is 10.4 Å². The van der Waals surface area contributed by atoms with Crippen molar-refractivity contribution < 1.29 is 13.3 Å². The molecule has 1 atom stereocenters. The van der Waals surface area contributed by atoms with Gasteiger partial charge in [-0.2, -0.15) is 0 Å². The molecule has 2 heteroatoms. The number of aliphatic hydroxyl groups excluding tert-OH is 1. The Morgan fingerprint density at radius 2 is 2.60 bits per heavy atom. The minimum absolute atomic E-state index is 0.0816. The van der Waals surface area contributed by atoms with Gasteiger partial charge in [-0.15, -0.1) is 0 Å². The first kappa shape index (κ1) is 3.11. The predicted molar refractivity (Wildman–Crippen MR) is 41.9 cm³/mol. The van der Waals surface area contributed by atoms with Crippen LogP contribution < -0.4 is 5.32 Å². The summed E-state index contributed by atoms with van der Waals surface area (Å²) in [5, 5.41) is 11.7. The van der Waals surface area contributed by atoms with Crippen molar-refractivity contribution in [3.8, 4) is 0 Å². The molecule has 0 spiro atoms. The van der Waals surface area contributed by atoms with Gasteiger partial charge >= 0.3 is 0 Å². The summed E-state index contributed by atoms with van der Waals surface area (Å²) in [5.74, 6) is 0. The van der Waals surface area contributed by atoms with E-state index >= 15 is 0 Å². The highest BCUT2D eigenvalue weighted by molar-refractivity contribution is 4.82. The predicted octanol–water partition coefficient (Wildman–Crippen LogP) is 0.757. The summed E-state index contributed by atoms with van der Waals surface area (Å²) in [6.07, 6.45) is 0.450. The summed E-state index contributed by atoms with van der Waals surface area (Å²) >= 11 is 0. The maximum absolute atomic E-state index is 8.92. The van der Waals surface area contributed by atoms with Crippen LogP contribution in [-0.4, -0.2) is 24.3 Å². The molecular formula is C8H17NO. The van der Waals surface area contributed by atoms with Crippen LogP contribution in [0.3, 0.4) is 0 Å². The van der Waals surface area contributed by atoms with Crippen LogP contribution in [0.15, 0.2) is 0 Å². The molecule has 1 aliphatic rings. The Hall–Kier alpha value is -0.0800. The van der Waals surface area contributed by atoms with Crippen LogP contribution in [-0.2, 0) is 0 Å². The van der Waals surface area contributed by atoms with E-state index in [0.29, 0.717) is 6.42 Å². The largest absolute Gasteiger partial charge is 0.395 e. The molecule has 2 nitrogen and oxygen atoms in total. The lowest BCUT2D eigenvalue weighted by Crippen LogP contribution is -2.44. The van der Waals surface area contributed by atoms with E-state index in [2.05, 4.69) is 5.32 Å². The quantitative estimate of drug-likeness (QED) is 0.577. The molecule has 1 heterocycles. The molecule has 0 aromatic rings. The SMILES string of the molecule is [2H]C([2H])([2H])C1(C([2H])([2H])[2H])CCC(CO)NC1. The van der Waals surface area contributed by atoms with Crippen molar-refractivity contribution in [2.45, 2.75) is 32.6 Å². The Kier molecular flexibility index (Phi) is 0.899. The normalized spacial score (nSPS) is 43.5. The van der Waals surface area contributed by atoms with E-state index in [4.69, 9.17) is 13.3 Å². The van der Waals surface area contributed by atoms with Gasteiger partial charge in [0.15, 0.2) is 0 Å². The highest BCUT2D eigenvalue weighted by Crippen LogP contribution is 2.25. The summed E-state index contributed by atoms with van der Waals surface area (Å²) in [5.41, 5.74) is -1.69. The first-order valence-electron chi connectivity index (χ1n) is 6.48. The van der Waals surface area contributed by atoms with Crippen molar-refractivity contribution in [3.05, 3.63) is 0 Å². The van der Waals surface area contributed by atoms with Gasteiger partial charge in [0.1, 0.15) is 0 Å². The second-order valence-corrected chi connectivity index (χ2v) is 2.88.